The van der Waals surface area contributed by atoms with E-state index in [1.807, 2.05) is 24.0 Å². The van der Waals surface area contributed by atoms with Crippen LogP contribution in [0.4, 0.5) is 5.69 Å². The van der Waals surface area contributed by atoms with Crippen LogP contribution in [0, 0.1) is 0 Å². The number of hydrogen-bond acceptors (Lipinski definition) is 5. The van der Waals surface area contributed by atoms with Crippen LogP contribution >= 0.6 is 11.6 Å². The fourth-order valence-corrected chi connectivity index (χ4v) is 3.12. The van der Waals surface area contributed by atoms with Crippen molar-refractivity contribution in [2.45, 2.75) is 13.5 Å². The standard InChI is InChI=1S/C20H22ClN3O3/c1-2-23(9-10-25)13-14-11-16(4-6-20(14)26)22-18-7-8-24(27)19-12-15(21)3-5-17(18)19/h3-8,11-12,25-27H,2,9-10,13H2,1H3. The molecule has 7 heteroatoms. The van der Waals surface area contributed by atoms with Crippen molar-refractivity contribution >= 4 is 28.2 Å². The van der Waals surface area contributed by atoms with Gasteiger partial charge in [0.25, 0.3) is 0 Å². The Morgan fingerprint density at radius 2 is 1.96 bits per heavy atom. The molecule has 2 aromatic carbocycles. The molecule has 142 valence electrons. The molecule has 0 saturated heterocycles. The molecule has 0 aliphatic rings. The molecule has 0 amide bonds. The number of phenolic OH excluding ortho intramolecular Hbond substituents is 1. The minimum Gasteiger partial charge on any atom is -0.508 e. The SMILES string of the molecule is CCN(CCO)Cc1cc(N=c2ccn(O)c3cc(Cl)ccc23)ccc1O. The highest BCUT2D eigenvalue weighted by Gasteiger charge is 2.09. The molecule has 6 nitrogen and oxygen atoms in total. The van der Waals surface area contributed by atoms with Crippen LogP contribution in [0.2, 0.25) is 5.02 Å². The van der Waals surface area contributed by atoms with Gasteiger partial charge in [-0.2, -0.15) is 4.73 Å². The molecule has 27 heavy (non-hydrogen) atoms. The summed E-state index contributed by atoms with van der Waals surface area (Å²) in [7, 11) is 0. The summed E-state index contributed by atoms with van der Waals surface area (Å²) in [4.78, 5) is 6.71. The minimum absolute atomic E-state index is 0.0678. The Hall–Kier alpha value is -2.54. The average Bonchev–Trinajstić information content (AvgIpc) is 2.66. The number of benzene rings is 2. The lowest BCUT2D eigenvalue weighted by Gasteiger charge is -2.19. The molecule has 0 atom stereocenters. The van der Waals surface area contributed by atoms with Gasteiger partial charge in [-0.05, 0) is 49.0 Å². The largest absolute Gasteiger partial charge is 0.508 e. The first-order valence-electron chi connectivity index (χ1n) is 8.72. The number of aromatic hydroxyl groups is 1. The van der Waals surface area contributed by atoms with Gasteiger partial charge < -0.3 is 15.4 Å². The number of aliphatic hydroxyl groups excluding tert-OH is 1. The Morgan fingerprint density at radius 3 is 2.70 bits per heavy atom. The van der Waals surface area contributed by atoms with Gasteiger partial charge in [-0.1, -0.05) is 18.5 Å². The van der Waals surface area contributed by atoms with Gasteiger partial charge in [-0.15, -0.1) is 0 Å². The van der Waals surface area contributed by atoms with Crippen molar-refractivity contribution in [3.63, 3.8) is 0 Å². The lowest BCUT2D eigenvalue weighted by molar-refractivity contribution is 0.195. The topological polar surface area (TPSA) is 81.2 Å². The van der Waals surface area contributed by atoms with Crippen LogP contribution in [0.5, 0.6) is 5.75 Å². The van der Waals surface area contributed by atoms with Crippen LogP contribution in [-0.2, 0) is 6.54 Å². The van der Waals surface area contributed by atoms with Crippen LogP contribution in [0.25, 0.3) is 10.9 Å². The first kappa shape index (κ1) is 19.2. The van der Waals surface area contributed by atoms with E-state index in [1.54, 1.807) is 30.3 Å². The molecule has 3 N–H and O–H groups in total. The van der Waals surface area contributed by atoms with Gasteiger partial charge in [-0.3, -0.25) is 4.90 Å². The fourth-order valence-electron chi connectivity index (χ4n) is 2.96. The first-order valence-corrected chi connectivity index (χ1v) is 9.09. The molecule has 0 bridgehead atoms. The molecule has 0 saturated carbocycles. The Labute approximate surface area is 162 Å². The third-order valence-corrected chi connectivity index (χ3v) is 4.66. The van der Waals surface area contributed by atoms with Crippen LogP contribution in [0.1, 0.15) is 12.5 Å². The molecule has 0 unspecified atom stereocenters. The van der Waals surface area contributed by atoms with Gasteiger partial charge in [0, 0.05) is 35.3 Å². The monoisotopic (exact) mass is 387 g/mol. The normalized spacial score (nSPS) is 12.2. The Balaban J connectivity index is 2.04. The van der Waals surface area contributed by atoms with Crippen molar-refractivity contribution < 1.29 is 15.4 Å². The number of likely N-dealkylation sites (N-methyl/N-ethyl adjacent to an activating group) is 1. The summed E-state index contributed by atoms with van der Waals surface area (Å²) in [6.45, 7) is 3.90. The second kappa shape index (κ2) is 8.43. The molecule has 3 rings (SSSR count). The van der Waals surface area contributed by atoms with Gasteiger partial charge >= 0.3 is 0 Å². The lowest BCUT2D eigenvalue weighted by Crippen LogP contribution is -2.26. The summed E-state index contributed by atoms with van der Waals surface area (Å²) in [5.41, 5.74) is 1.99. The van der Waals surface area contributed by atoms with Crippen molar-refractivity contribution in [2.75, 3.05) is 19.7 Å². The van der Waals surface area contributed by atoms with Crippen molar-refractivity contribution in [2.24, 2.45) is 4.99 Å². The first-order chi connectivity index (χ1) is 13.0. The molecule has 1 aromatic heterocycles. The Morgan fingerprint density at radius 1 is 1.15 bits per heavy atom. The van der Waals surface area contributed by atoms with Crippen molar-refractivity contribution in [3.8, 4) is 5.75 Å². The number of hydrogen-bond donors (Lipinski definition) is 3. The number of rotatable bonds is 6. The molecule has 0 aliphatic carbocycles. The number of phenols is 1. The maximum Gasteiger partial charge on any atom is 0.120 e. The highest BCUT2D eigenvalue weighted by Crippen LogP contribution is 2.25. The van der Waals surface area contributed by atoms with Gasteiger partial charge in [-0.25, -0.2) is 4.99 Å². The second-order valence-corrected chi connectivity index (χ2v) is 6.66. The van der Waals surface area contributed by atoms with E-state index in [-0.39, 0.29) is 12.4 Å². The average molecular weight is 388 g/mol. The molecule has 3 aromatic rings. The predicted molar refractivity (Wildman–Crippen MR) is 105 cm³/mol. The van der Waals surface area contributed by atoms with E-state index >= 15 is 0 Å². The molecular weight excluding hydrogens is 366 g/mol. The molecule has 1 heterocycles. The van der Waals surface area contributed by atoms with Gasteiger partial charge in [0.1, 0.15) is 5.75 Å². The summed E-state index contributed by atoms with van der Waals surface area (Å²) >= 11 is 6.02. The molecule has 0 radical (unpaired) electrons. The van der Waals surface area contributed by atoms with E-state index in [4.69, 9.17) is 16.7 Å². The van der Waals surface area contributed by atoms with E-state index in [9.17, 15) is 10.3 Å². The smallest absolute Gasteiger partial charge is 0.120 e. The number of aromatic nitrogens is 1. The predicted octanol–water partition coefficient (Wildman–Crippen LogP) is 3.28. The van der Waals surface area contributed by atoms with Gasteiger partial charge in [0.2, 0.25) is 0 Å². The van der Waals surface area contributed by atoms with E-state index in [1.165, 1.54) is 6.20 Å². The zero-order chi connectivity index (χ0) is 19.4. The highest BCUT2D eigenvalue weighted by molar-refractivity contribution is 6.31. The van der Waals surface area contributed by atoms with Crippen LogP contribution < -0.4 is 5.36 Å². The second-order valence-electron chi connectivity index (χ2n) is 6.22. The number of halogens is 1. The van der Waals surface area contributed by atoms with E-state index in [2.05, 4.69) is 4.99 Å². The van der Waals surface area contributed by atoms with Crippen molar-refractivity contribution in [1.29, 1.82) is 0 Å². The fraction of sp³-hybridized carbons (Fsp3) is 0.250. The van der Waals surface area contributed by atoms with E-state index < -0.39 is 0 Å². The van der Waals surface area contributed by atoms with Crippen molar-refractivity contribution in [3.05, 3.63) is 64.6 Å². The number of aliphatic hydroxyl groups is 1. The molecular formula is C20H22ClN3O3. The van der Waals surface area contributed by atoms with Gasteiger partial charge in [0.05, 0.1) is 23.2 Å². The molecule has 0 fully saturated rings. The number of nitrogens with zero attached hydrogens (tertiary/aromatic N) is 3. The summed E-state index contributed by atoms with van der Waals surface area (Å²) < 4.78 is 1.01. The van der Waals surface area contributed by atoms with Crippen LogP contribution in [0.15, 0.2) is 53.7 Å². The Kier molecular flexibility index (Phi) is 6.01. The summed E-state index contributed by atoms with van der Waals surface area (Å²) in [6.07, 6.45) is 1.51. The highest BCUT2D eigenvalue weighted by atomic mass is 35.5. The van der Waals surface area contributed by atoms with Crippen LogP contribution in [0.3, 0.4) is 0 Å². The maximum atomic E-state index is 10.2. The van der Waals surface area contributed by atoms with E-state index in [0.29, 0.717) is 34.7 Å². The lowest BCUT2D eigenvalue weighted by atomic mass is 10.1. The van der Waals surface area contributed by atoms with Gasteiger partial charge in [0.15, 0.2) is 0 Å². The Bertz CT molecular complexity index is 1020. The number of fused-ring (bicyclic) bond motifs is 1. The third-order valence-electron chi connectivity index (χ3n) is 4.43. The maximum absolute atomic E-state index is 10.2. The molecule has 0 spiro atoms. The third kappa shape index (κ3) is 4.42. The molecule has 0 aliphatic heterocycles. The zero-order valence-electron chi connectivity index (χ0n) is 15.0. The van der Waals surface area contributed by atoms with Crippen LogP contribution in [-0.4, -0.2) is 44.7 Å². The summed E-state index contributed by atoms with van der Waals surface area (Å²) in [5.74, 6) is 0.197. The van der Waals surface area contributed by atoms with E-state index in [0.717, 1.165) is 22.2 Å². The zero-order valence-corrected chi connectivity index (χ0v) is 15.8. The van der Waals surface area contributed by atoms with Crippen molar-refractivity contribution in [1.82, 2.24) is 9.63 Å². The summed E-state index contributed by atoms with van der Waals surface area (Å²) in [5, 5.41) is 31.3. The minimum atomic E-state index is 0.0678. The quantitative estimate of drug-likeness (QED) is 0.567. The summed E-state index contributed by atoms with van der Waals surface area (Å²) in [6, 6.07) is 12.1. The number of pyridine rings is 1.